The van der Waals surface area contributed by atoms with Crippen LogP contribution in [0.2, 0.25) is 0 Å². The third-order valence-electron chi connectivity index (χ3n) is 6.20. The van der Waals surface area contributed by atoms with E-state index in [-0.39, 0.29) is 0 Å². The number of pyridine rings is 2. The van der Waals surface area contributed by atoms with Gasteiger partial charge in [0.05, 0.1) is 19.4 Å². The second-order valence-corrected chi connectivity index (χ2v) is 9.13. The van der Waals surface area contributed by atoms with Crippen molar-refractivity contribution in [2.45, 2.75) is 26.4 Å². The molecule has 1 fully saturated rings. The van der Waals surface area contributed by atoms with Crippen LogP contribution in [0.25, 0.3) is 11.0 Å². The van der Waals surface area contributed by atoms with Gasteiger partial charge in [0.2, 0.25) is 0 Å². The molecule has 37 heavy (non-hydrogen) atoms. The number of rotatable bonds is 10. The van der Waals surface area contributed by atoms with Gasteiger partial charge in [0.1, 0.15) is 23.8 Å². The number of hydrogen-bond acceptors (Lipinski definition) is 6. The number of allylic oxidation sites excluding steroid dienone is 3. The van der Waals surface area contributed by atoms with Gasteiger partial charge in [-0.2, -0.15) is 13.2 Å². The van der Waals surface area contributed by atoms with Gasteiger partial charge in [-0.05, 0) is 37.1 Å². The molecule has 0 spiro atoms. The van der Waals surface area contributed by atoms with Crippen molar-refractivity contribution in [2.75, 3.05) is 51.3 Å². The highest BCUT2D eigenvalue weighted by molar-refractivity contribution is 5.81. The summed E-state index contributed by atoms with van der Waals surface area (Å²) in [4.78, 5) is 14.5. The van der Waals surface area contributed by atoms with E-state index in [1.165, 1.54) is 6.08 Å². The molecule has 4 rings (SSSR count). The fourth-order valence-corrected chi connectivity index (χ4v) is 3.89. The lowest BCUT2D eigenvalue weighted by atomic mass is 10.1. The van der Waals surface area contributed by atoms with Crippen LogP contribution in [0, 0.1) is 0 Å². The number of fused-ring (bicyclic) bond motifs is 1. The number of anilines is 1. The number of nitrogens with one attached hydrogen (secondary N) is 2. The predicted molar refractivity (Wildman–Crippen MR) is 138 cm³/mol. The van der Waals surface area contributed by atoms with Crippen LogP contribution in [0.4, 0.5) is 19.0 Å². The first-order valence-electron chi connectivity index (χ1n) is 12.3. The van der Waals surface area contributed by atoms with Gasteiger partial charge in [0, 0.05) is 56.0 Å². The molecule has 0 bridgehead atoms. The molecule has 2 N–H and O–H groups in total. The molecule has 1 aliphatic heterocycles. The van der Waals surface area contributed by atoms with Crippen molar-refractivity contribution in [2.24, 2.45) is 0 Å². The highest BCUT2D eigenvalue weighted by Gasteiger charge is 2.29. The van der Waals surface area contributed by atoms with E-state index < -0.39 is 11.7 Å². The first-order valence-corrected chi connectivity index (χ1v) is 12.3. The molecule has 0 saturated carbocycles. The Morgan fingerprint density at radius 2 is 1.97 bits per heavy atom. The van der Waals surface area contributed by atoms with E-state index in [1.54, 1.807) is 19.3 Å². The summed E-state index contributed by atoms with van der Waals surface area (Å²) in [7, 11) is 0. The number of H-pyrrole nitrogens is 1. The van der Waals surface area contributed by atoms with Crippen molar-refractivity contribution in [1.29, 1.82) is 0 Å². The van der Waals surface area contributed by atoms with Crippen molar-refractivity contribution in [3.63, 3.8) is 0 Å². The summed E-state index contributed by atoms with van der Waals surface area (Å²) in [5.74, 6) is 1.40. The van der Waals surface area contributed by atoms with E-state index >= 15 is 0 Å². The molecule has 198 valence electrons. The maximum atomic E-state index is 12.6. The maximum absolute atomic E-state index is 12.6. The Hall–Kier alpha value is -3.37. The fourth-order valence-electron chi connectivity index (χ4n) is 3.89. The van der Waals surface area contributed by atoms with Crippen LogP contribution in [0.15, 0.2) is 60.1 Å². The molecule has 0 unspecified atom stereocenters. The zero-order valence-electron chi connectivity index (χ0n) is 21.1. The lowest BCUT2D eigenvalue weighted by Crippen LogP contribution is -2.38. The molecule has 0 aromatic carbocycles. The Labute approximate surface area is 214 Å². The molecule has 1 aliphatic rings. The number of morpholine rings is 1. The van der Waals surface area contributed by atoms with Crippen molar-refractivity contribution in [3.05, 3.63) is 71.2 Å². The zero-order valence-corrected chi connectivity index (χ0v) is 21.1. The molecule has 1 saturated heterocycles. The molecule has 3 aromatic rings. The Balaban J connectivity index is 1.31. The van der Waals surface area contributed by atoms with E-state index in [0.717, 1.165) is 79.3 Å². The monoisotopic (exact) mass is 515 g/mol. The summed E-state index contributed by atoms with van der Waals surface area (Å²) in [6.07, 6.45) is 4.41. The molecule has 3 aromatic heterocycles. The number of alkyl halides is 3. The molecule has 7 nitrogen and oxygen atoms in total. The van der Waals surface area contributed by atoms with E-state index in [1.807, 2.05) is 24.4 Å². The topological polar surface area (TPSA) is 75.3 Å². The Bertz CT molecular complexity index is 1230. The average molecular weight is 516 g/mol. The Morgan fingerprint density at radius 1 is 1.16 bits per heavy atom. The van der Waals surface area contributed by atoms with Gasteiger partial charge >= 0.3 is 6.18 Å². The number of hydrogen-bond donors (Lipinski definition) is 2. The number of halogens is 3. The SMILES string of the molecule is C/C(=C\C=C(/C)C(F)(F)F)CNc1ccc(Cc2c[nH]c3ncc(OCCN4CCOCC4)cc23)cn1. The van der Waals surface area contributed by atoms with E-state index in [4.69, 9.17) is 9.47 Å². The molecule has 4 heterocycles. The highest BCUT2D eigenvalue weighted by Crippen LogP contribution is 2.25. The largest absolute Gasteiger partial charge is 0.491 e. The minimum atomic E-state index is -4.31. The summed E-state index contributed by atoms with van der Waals surface area (Å²) in [5.41, 5.74) is 3.06. The molecule has 0 aliphatic carbocycles. The summed E-state index contributed by atoms with van der Waals surface area (Å²) in [5, 5.41) is 4.15. The molecule has 10 heteroatoms. The van der Waals surface area contributed by atoms with Gasteiger partial charge < -0.3 is 19.8 Å². The lowest BCUT2D eigenvalue weighted by molar-refractivity contribution is -0.0913. The standard InChI is InChI=1S/C27H32F3N5O2/c1-19(3-4-20(2)27(28,29)30)15-31-25-6-5-21(16-32-25)13-22-17-33-26-24(22)14-23(18-34-26)37-12-9-35-7-10-36-11-8-35/h3-6,14,16-18H,7-13,15H2,1-2H3,(H,31,32)(H,33,34)/b19-3+,20-4+. The average Bonchev–Trinajstić information content (AvgIpc) is 3.28. The van der Waals surface area contributed by atoms with E-state index in [0.29, 0.717) is 25.4 Å². The molecule has 0 amide bonds. The van der Waals surface area contributed by atoms with Gasteiger partial charge in [-0.3, -0.25) is 4.90 Å². The first-order chi connectivity index (χ1) is 17.8. The van der Waals surface area contributed by atoms with Crippen LogP contribution in [0.3, 0.4) is 0 Å². The molecular formula is C27H32F3N5O2. The van der Waals surface area contributed by atoms with E-state index in [2.05, 4.69) is 25.2 Å². The highest BCUT2D eigenvalue weighted by atomic mass is 19.4. The van der Waals surface area contributed by atoms with Crippen molar-refractivity contribution in [1.82, 2.24) is 19.9 Å². The zero-order chi connectivity index (χ0) is 26.3. The van der Waals surface area contributed by atoms with Crippen LogP contribution in [-0.2, 0) is 11.2 Å². The Kier molecular flexibility index (Phi) is 8.83. The van der Waals surface area contributed by atoms with Gasteiger partial charge in [-0.1, -0.05) is 23.8 Å². The quantitative estimate of drug-likeness (QED) is 0.365. The number of ether oxygens (including phenoxy) is 2. The van der Waals surface area contributed by atoms with Crippen LogP contribution in [0.5, 0.6) is 5.75 Å². The minimum Gasteiger partial charge on any atom is -0.491 e. The normalized spacial score (nSPS) is 15.8. The fraction of sp³-hybridized carbons (Fsp3) is 0.407. The molecular weight excluding hydrogens is 483 g/mol. The summed E-state index contributed by atoms with van der Waals surface area (Å²) >= 11 is 0. The van der Waals surface area contributed by atoms with Gasteiger partial charge in [0.25, 0.3) is 0 Å². The van der Waals surface area contributed by atoms with E-state index in [9.17, 15) is 13.2 Å². The van der Waals surface area contributed by atoms with Crippen LogP contribution in [-0.4, -0.2) is 72.0 Å². The summed E-state index contributed by atoms with van der Waals surface area (Å²) in [6, 6.07) is 5.87. The molecule has 0 atom stereocenters. The number of nitrogens with zero attached hydrogens (tertiary/aromatic N) is 3. The maximum Gasteiger partial charge on any atom is 0.412 e. The predicted octanol–water partition coefficient (Wildman–Crippen LogP) is 5.13. The minimum absolute atomic E-state index is 0.399. The van der Waals surface area contributed by atoms with Crippen molar-refractivity contribution >= 4 is 16.9 Å². The smallest absolute Gasteiger partial charge is 0.412 e. The second-order valence-electron chi connectivity index (χ2n) is 9.13. The first kappa shape index (κ1) is 26.7. The van der Waals surface area contributed by atoms with Gasteiger partial charge in [-0.15, -0.1) is 0 Å². The van der Waals surface area contributed by atoms with Gasteiger partial charge in [-0.25, -0.2) is 9.97 Å². The van der Waals surface area contributed by atoms with Crippen LogP contribution < -0.4 is 10.1 Å². The van der Waals surface area contributed by atoms with Gasteiger partial charge in [0.15, 0.2) is 0 Å². The van der Waals surface area contributed by atoms with Crippen molar-refractivity contribution in [3.8, 4) is 5.75 Å². The molecule has 0 radical (unpaired) electrons. The second kappa shape index (κ2) is 12.2. The number of aromatic nitrogens is 3. The lowest BCUT2D eigenvalue weighted by Gasteiger charge is -2.26. The number of aromatic amines is 1. The summed E-state index contributed by atoms with van der Waals surface area (Å²) < 4.78 is 49.1. The third-order valence-corrected chi connectivity index (χ3v) is 6.20. The van der Waals surface area contributed by atoms with Crippen LogP contribution >= 0.6 is 0 Å². The third kappa shape index (κ3) is 7.80. The summed E-state index contributed by atoms with van der Waals surface area (Å²) in [6.45, 7) is 8.08. The van der Waals surface area contributed by atoms with Crippen LogP contribution in [0.1, 0.15) is 25.0 Å². The van der Waals surface area contributed by atoms with Crippen molar-refractivity contribution < 1.29 is 22.6 Å². The Morgan fingerprint density at radius 3 is 2.70 bits per heavy atom.